The Balaban J connectivity index is 3.29. The van der Waals surface area contributed by atoms with Crippen LogP contribution in [0.4, 0.5) is 13.2 Å². The zero-order chi connectivity index (χ0) is 12.3. The van der Waals surface area contributed by atoms with Crippen LogP contribution < -0.4 is 0 Å². The summed E-state index contributed by atoms with van der Waals surface area (Å²) in [5, 5.41) is 0. The van der Waals surface area contributed by atoms with E-state index in [0.717, 1.165) is 12.3 Å². The molecule has 1 aromatic rings. The molecule has 0 aliphatic carbocycles. The summed E-state index contributed by atoms with van der Waals surface area (Å²) in [5.74, 6) is -0.991. The molecule has 7 heteroatoms. The Morgan fingerprint density at radius 1 is 1.56 bits per heavy atom. The van der Waals surface area contributed by atoms with E-state index in [0.29, 0.717) is 0 Å². The van der Waals surface area contributed by atoms with E-state index in [4.69, 9.17) is 0 Å². The van der Waals surface area contributed by atoms with Crippen molar-refractivity contribution in [1.82, 2.24) is 4.98 Å². The van der Waals surface area contributed by atoms with Crippen LogP contribution >= 0.6 is 22.6 Å². The van der Waals surface area contributed by atoms with E-state index in [1.807, 2.05) is 0 Å². The number of carbonyl (C=O) groups is 1. The Bertz CT molecular complexity index is 406. The van der Waals surface area contributed by atoms with E-state index in [9.17, 15) is 18.0 Å². The van der Waals surface area contributed by atoms with Gasteiger partial charge in [0.2, 0.25) is 0 Å². The van der Waals surface area contributed by atoms with Gasteiger partial charge < -0.3 is 4.74 Å². The minimum absolute atomic E-state index is 0.0228. The fourth-order valence-electron chi connectivity index (χ4n) is 1.08. The molecule has 0 atom stereocenters. The van der Waals surface area contributed by atoms with Gasteiger partial charge in [-0.2, -0.15) is 13.2 Å². The third kappa shape index (κ3) is 2.83. The maximum absolute atomic E-state index is 12.7. The molecular weight excluding hydrogens is 338 g/mol. The fourth-order valence-corrected chi connectivity index (χ4v) is 1.84. The molecule has 0 bridgehead atoms. The standard InChI is InChI=1S/C9H7F3INO2/c1-2-16-8(15)5-3-4-14-7(13)6(5)9(10,11)12/h3-4H,2H2,1H3. The lowest BCUT2D eigenvalue weighted by molar-refractivity contribution is -0.139. The lowest BCUT2D eigenvalue weighted by Crippen LogP contribution is -2.17. The van der Waals surface area contributed by atoms with Crippen molar-refractivity contribution in [3.63, 3.8) is 0 Å². The minimum Gasteiger partial charge on any atom is -0.462 e. The van der Waals surface area contributed by atoms with Crippen LogP contribution in [0.25, 0.3) is 0 Å². The van der Waals surface area contributed by atoms with Gasteiger partial charge in [0.05, 0.1) is 12.2 Å². The summed E-state index contributed by atoms with van der Waals surface area (Å²) in [6.07, 6.45) is -3.48. The molecule has 1 rings (SSSR count). The van der Waals surface area contributed by atoms with E-state index in [-0.39, 0.29) is 10.3 Å². The number of hydrogen-bond acceptors (Lipinski definition) is 3. The normalized spacial score (nSPS) is 11.3. The second kappa shape index (κ2) is 4.98. The SMILES string of the molecule is CCOC(=O)c1ccnc(I)c1C(F)(F)F. The van der Waals surface area contributed by atoms with Crippen molar-refractivity contribution in [2.45, 2.75) is 13.1 Å². The molecule has 0 spiro atoms. The summed E-state index contributed by atoms with van der Waals surface area (Å²) < 4.78 is 42.3. The highest BCUT2D eigenvalue weighted by Gasteiger charge is 2.38. The summed E-state index contributed by atoms with van der Waals surface area (Å²) >= 11 is 1.43. The molecule has 1 aromatic heterocycles. The minimum atomic E-state index is -4.62. The van der Waals surface area contributed by atoms with Gasteiger partial charge in [0.15, 0.2) is 0 Å². The van der Waals surface area contributed by atoms with Crippen LogP contribution in [0.2, 0.25) is 0 Å². The van der Waals surface area contributed by atoms with Crippen molar-refractivity contribution in [3.05, 3.63) is 27.1 Å². The van der Waals surface area contributed by atoms with Crippen LogP contribution in [-0.2, 0) is 10.9 Å². The number of nitrogens with zero attached hydrogens (tertiary/aromatic N) is 1. The van der Waals surface area contributed by atoms with Gasteiger partial charge in [0.25, 0.3) is 0 Å². The Morgan fingerprint density at radius 3 is 2.69 bits per heavy atom. The average molecular weight is 345 g/mol. The maximum Gasteiger partial charge on any atom is 0.419 e. The van der Waals surface area contributed by atoms with Gasteiger partial charge in [-0.1, -0.05) is 0 Å². The van der Waals surface area contributed by atoms with Crippen molar-refractivity contribution >= 4 is 28.6 Å². The molecule has 0 saturated carbocycles. The molecule has 16 heavy (non-hydrogen) atoms. The number of esters is 1. The monoisotopic (exact) mass is 345 g/mol. The molecule has 3 nitrogen and oxygen atoms in total. The lowest BCUT2D eigenvalue weighted by Gasteiger charge is -2.12. The molecule has 0 unspecified atom stereocenters. The number of carbonyl (C=O) groups excluding carboxylic acids is 1. The molecule has 0 fully saturated rings. The first kappa shape index (κ1) is 13.2. The summed E-state index contributed by atoms with van der Waals surface area (Å²) in [6.45, 7) is 1.55. The maximum atomic E-state index is 12.7. The largest absolute Gasteiger partial charge is 0.462 e. The Hall–Kier alpha value is -0.860. The quantitative estimate of drug-likeness (QED) is 0.470. The van der Waals surface area contributed by atoms with E-state index in [2.05, 4.69) is 9.72 Å². The lowest BCUT2D eigenvalue weighted by atomic mass is 10.1. The third-order valence-electron chi connectivity index (χ3n) is 1.68. The highest BCUT2D eigenvalue weighted by atomic mass is 127. The predicted octanol–water partition coefficient (Wildman–Crippen LogP) is 2.88. The first-order valence-electron chi connectivity index (χ1n) is 4.26. The zero-order valence-electron chi connectivity index (χ0n) is 8.14. The highest BCUT2D eigenvalue weighted by molar-refractivity contribution is 14.1. The number of aromatic nitrogens is 1. The van der Waals surface area contributed by atoms with Gasteiger partial charge in [0, 0.05) is 6.20 Å². The van der Waals surface area contributed by atoms with E-state index in [1.54, 1.807) is 0 Å². The van der Waals surface area contributed by atoms with Crippen molar-refractivity contribution in [2.24, 2.45) is 0 Å². The zero-order valence-corrected chi connectivity index (χ0v) is 10.3. The number of pyridine rings is 1. The van der Waals surface area contributed by atoms with Crippen molar-refractivity contribution in [3.8, 4) is 0 Å². The molecule has 0 aliphatic rings. The number of ether oxygens (including phenoxy) is 1. The second-order valence-electron chi connectivity index (χ2n) is 2.74. The molecule has 0 amide bonds. The van der Waals surface area contributed by atoms with E-state index < -0.39 is 23.3 Å². The average Bonchev–Trinajstić information content (AvgIpc) is 2.15. The van der Waals surface area contributed by atoms with Gasteiger partial charge in [0.1, 0.15) is 9.26 Å². The number of halogens is 4. The number of alkyl halides is 3. The van der Waals surface area contributed by atoms with Crippen LogP contribution in [-0.4, -0.2) is 17.6 Å². The van der Waals surface area contributed by atoms with Crippen LogP contribution in [0, 0.1) is 3.70 Å². The number of hydrogen-bond donors (Lipinski definition) is 0. The van der Waals surface area contributed by atoms with Gasteiger partial charge in [-0.05, 0) is 35.6 Å². The van der Waals surface area contributed by atoms with Gasteiger partial charge in [-0.15, -0.1) is 0 Å². The molecule has 88 valence electrons. The molecule has 1 heterocycles. The molecule has 0 radical (unpaired) electrons. The summed E-state index contributed by atoms with van der Waals surface area (Å²) in [7, 11) is 0. The van der Waals surface area contributed by atoms with Gasteiger partial charge in [-0.3, -0.25) is 0 Å². The van der Waals surface area contributed by atoms with Gasteiger partial charge in [-0.25, -0.2) is 9.78 Å². The smallest absolute Gasteiger partial charge is 0.419 e. The molecule has 0 aromatic carbocycles. The highest BCUT2D eigenvalue weighted by Crippen LogP contribution is 2.34. The van der Waals surface area contributed by atoms with Crippen LogP contribution in [0.3, 0.4) is 0 Å². The molecular formula is C9H7F3INO2. The third-order valence-corrected chi connectivity index (χ3v) is 2.50. The summed E-state index contributed by atoms with van der Waals surface area (Å²) in [4.78, 5) is 14.8. The van der Waals surface area contributed by atoms with Crippen molar-refractivity contribution in [2.75, 3.05) is 6.61 Å². The van der Waals surface area contributed by atoms with Crippen LogP contribution in [0.5, 0.6) is 0 Å². The Kier molecular flexibility index (Phi) is 4.11. The van der Waals surface area contributed by atoms with Crippen LogP contribution in [0.15, 0.2) is 12.3 Å². The summed E-state index contributed by atoms with van der Waals surface area (Å²) in [5.41, 5.74) is -1.55. The molecule has 0 N–H and O–H groups in total. The van der Waals surface area contributed by atoms with Crippen LogP contribution in [0.1, 0.15) is 22.8 Å². The topological polar surface area (TPSA) is 39.2 Å². The Morgan fingerprint density at radius 2 is 2.19 bits per heavy atom. The van der Waals surface area contributed by atoms with E-state index >= 15 is 0 Å². The Labute approximate surface area is 103 Å². The number of rotatable bonds is 2. The molecule has 0 saturated heterocycles. The second-order valence-corrected chi connectivity index (χ2v) is 3.76. The van der Waals surface area contributed by atoms with Crippen molar-refractivity contribution < 1.29 is 22.7 Å². The predicted molar refractivity (Wildman–Crippen MR) is 57.9 cm³/mol. The van der Waals surface area contributed by atoms with Gasteiger partial charge >= 0.3 is 12.1 Å². The first-order valence-corrected chi connectivity index (χ1v) is 5.34. The fraction of sp³-hybridized carbons (Fsp3) is 0.333. The van der Waals surface area contributed by atoms with Crippen molar-refractivity contribution in [1.29, 1.82) is 0 Å². The van der Waals surface area contributed by atoms with E-state index in [1.165, 1.54) is 29.5 Å². The molecule has 0 aliphatic heterocycles. The summed E-state index contributed by atoms with van der Waals surface area (Å²) in [6, 6.07) is 1.00. The first-order chi connectivity index (χ1) is 7.38.